The van der Waals surface area contributed by atoms with Gasteiger partial charge in [-0.25, -0.2) is 13.2 Å². The number of fused-ring (bicyclic) bond motifs is 1. The molecule has 0 spiro atoms. The summed E-state index contributed by atoms with van der Waals surface area (Å²) in [6, 6.07) is 8.90. The van der Waals surface area contributed by atoms with Crippen molar-refractivity contribution in [2.45, 2.75) is 24.8 Å². The molecule has 166 valence electrons. The topological polar surface area (TPSA) is 149 Å². The van der Waals surface area contributed by atoms with E-state index in [2.05, 4.69) is 15.4 Å². The summed E-state index contributed by atoms with van der Waals surface area (Å²) in [5.41, 5.74) is 5.86. The summed E-state index contributed by atoms with van der Waals surface area (Å²) in [4.78, 5) is 23.5. The second-order valence-electron chi connectivity index (χ2n) is 7.21. The molecule has 0 radical (unpaired) electrons. The molecule has 1 aliphatic rings. The lowest BCUT2D eigenvalue weighted by atomic mass is 10.0. The van der Waals surface area contributed by atoms with Crippen molar-refractivity contribution < 1.29 is 27.5 Å². The average Bonchev–Trinajstić information content (AvgIpc) is 2.72. The van der Waals surface area contributed by atoms with E-state index in [-0.39, 0.29) is 10.8 Å². The van der Waals surface area contributed by atoms with Crippen molar-refractivity contribution in [2.75, 3.05) is 23.3 Å². The Bertz CT molecular complexity index is 1070. The Morgan fingerprint density at radius 3 is 2.19 bits per heavy atom. The van der Waals surface area contributed by atoms with Crippen LogP contribution in [0.4, 0.5) is 16.2 Å². The summed E-state index contributed by atoms with van der Waals surface area (Å²) in [5.74, 6) is 0.260. The average molecular weight is 449 g/mol. The first-order chi connectivity index (χ1) is 14.7. The molecule has 0 fully saturated rings. The van der Waals surface area contributed by atoms with E-state index in [0.29, 0.717) is 36.1 Å². The maximum absolute atomic E-state index is 12.7. The van der Waals surface area contributed by atoms with Gasteiger partial charge in [0.05, 0.1) is 4.90 Å². The molecule has 0 saturated heterocycles. The zero-order valence-corrected chi connectivity index (χ0v) is 17.9. The lowest BCUT2D eigenvalue weighted by molar-refractivity contribution is -0.118. The second kappa shape index (κ2) is 9.13. The number of carbonyl (C=O) groups excluding carboxylic acids is 2. The number of primary amides is 1. The normalized spacial score (nSPS) is 13.9. The molecule has 3 amide bonds. The van der Waals surface area contributed by atoms with Gasteiger partial charge in [-0.3, -0.25) is 9.52 Å². The molecule has 10 nitrogen and oxygen atoms in total. The fourth-order valence-electron chi connectivity index (χ4n) is 2.93. The van der Waals surface area contributed by atoms with Gasteiger partial charge in [0.1, 0.15) is 19.3 Å². The van der Waals surface area contributed by atoms with Crippen LogP contribution in [0.25, 0.3) is 0 Å². The van der Waals surface area contributed by atoms with Crippen LogP contribution in [0.5, 0.6) is 11.5 Å². The summed E-state index contributed by atoms with van der Waals surface area (Å²) >= 11 is 0. The van der Waals surface area contributed by atoms with Crippen LogP contribution in [0, 0.1) is 5.92 Å². The third-order valence-corrected chi connectivity index (χ3v) is 5.85. The van der Waals surface area contributed by atoms with Crippen LogP contribution in [-0.2, 0) is 14.8 Å². The van der Waals surface area contributed by atoms with Crippen molar-refractivity contribution in [3.63, 3.8) is 0 Å². The van der Waals surface area contributed by atoms with Gasteiger partial charge in [-0.2, -0.15) is 0 Å². The number of hydrogen-bond acceptors (Lipinski definition) is 6. The predicted molar refractivity (Wildman–Crippen MR) is 115 cm³/mol. The summed E-state index contributed by atoms with van der Waals surface area (Å²) in [5, 5.41) is 5.07. The van der Waals surface area contributed by atoms with E-state index in [0.717, 1.165) is 0 Å². The highest BCUT2D eigenvalue weighted by Gasteiger charge is 2.23. The largest absolute Gasteiger partial charge is 0.486 e. The number of sulfonamides is 1. The third-order valence-electron chi connectivity index (χ3n) is 4.48. The van der Waals surface area contributed by atoms with E-state index in [1.807, 2.05) is 0 Å². The molecule has 5 N–H and O–H groups in total. The molecule has 1 aliphatic heterocycles. The van der Waals surface area contributed by atoms with E-state index >= 15 is 0 Å². The second-order valence-corrected chi connectivity index (χ2v) is 8.89. The number of anilines is 2. The minimum atomic E-state index is -3.86. The molecule has 1 heterocycles. The number of benzene rings is 2. The van der Waals surface area contributed by atoms with E-state index in [1.165, 1.54) is 24.3 Å². The fraction of sp³-hybridized carbons (Fsp3) is 0.300. The molecule has 3 rings (SSSR count). The number of nitrogens with one attached hydrogen (secondary N) is 3. The number of nitrogens with two attached hydrogens (primary N) is 1. The summed E-state index contributed by atoms with van der Waals surface area (Å²) in [6.07, 6.45) is 0. The van der Waals surface area contributed by atoms with Crippen molar-refractivity contribution in [2.24, 2.45) is 11.7 Å². The Kier molecular flexibility index (Phi) is 6.54. The smallest absolute Gasteiger partial charge is 0.312 e. The molecule has 1 atom stereocenters. The zero-order valence-electron chi connectivity index (χ0n) is 17.0. The summed E-state index contributed by atoms with van der Waals surface area (Å²) in [7, 11) is -3.86. The van der Waals surface area contributed by atoms with Gasteiger partial charge in [-0.15, -0.1) is 0 Å². The third kappa shape index (κ3) is 5.57. The Labute approximate surface area is 180 Å². The maximum atomic E-state index is 12.7. The van der Waals surface area contributed by atoms with Crippen LogP contribution >= 0.6 is 0 Å². The zero-order chi connectivity index (χ0) is 22.6. The maximum Gasteiger partial charge on any atom is 0.312 e. The Hall–Kier alpha value is -3.47. The van der Waals surface area contributed by atoms with Gasteiger partial charge in [0.25, 0.3) is 10.0 Å². The van der Waals surface area contributed by atoms with E-state index < -0.39 is 28.0 Å². The van der Waals surface area contributed by atoms with Crippen molar-refractivity contribution in [3.8, 4) is 11.5 Å². The fourth-order valence-corrected chi connectivity index (χ4v) is 4.01. The van der Waals surface area contributed by atoms with Crippen molar-refractivity contribution in [1.29, 1.82) is 0 Å². The molecular formula is C20H24N4O6S. The molecule has 0 aromatic heterocycles. The lowest BCUT2D eigenvalue weighted by Crippen LogP contribution is -2.49. The monoisotopic (exact) mass is 448 g/mol. The molecule has 1 unspecified atom stereocenters. The van der Waals surface area contributed by atoms with Crippen LogP contribution in [-0.4, -0.2) is 39.6 Å². The van der Waals surface area contributed by atoms with Crippen LogP contribution in [0.15, 0.2) is 47.4 Å². The molecule has 31 heavy (non-hydrogen) atoms. The first kappa shape index (κ1) is 22.2. The van der Waals surface area contributed by atoms with Gasteiger partial charge in [0.2, 0.25) is 5.91 Å². The molecule has 2 aromatic carbocycles. The number of amides is 3. The summed E-state index contributed by atoms with van der Waals surface area (Å²) in [6.45, 7) is 4.31. The number of hydrogen-bond donors (Lipinski definition) is 4. The standard InChI is InChI=1S/C20H24N4O6S/c1-12(2)18(23-20(21)26)19(25)22-13-3-5-14(6-4-13)24-31(27,28)15-7-8-16-17(11-15)30-10-9-29-16/h3-8,11-12,18,24H,9-10H2,1-2H3,(H,22,25)(H3,21,23,26). The number of urea groups is 1. The molecular weight excluding hydrogens is 424 g/mol. The molecule has 2 aromatic rings. The van der Waals surface area contributed by atoms with E-state index in [4.69, 9.17) is 15.2 Å². The molecule has 0 bridgehead atoms. The quantitative estimate of drug-likeness (QED) is 0.508. The van der Waals surface area contributed by atoms with Gasteiger partial charge >= 0.3 is 6.03 Å². The van der Waals surface area contributed by atoms with E-state index in [9.17, 15) is 18.0 Å². The van der Waals surface area contributed by atoms with Crippen LogP contribution < -0.4 is 30.6 Å². The predicted octanol–water partition coefficient (Wildman–Crippen LogP) is 1.89. The van der Waals surface area contributed by atoms with Gasteiger partial charge in [-0.05, 0) is 42.3 Å². The molecule has 0 aliphatic carbocycles. The highest BCUT2D eigenvalue weighted by atomic mass is 32.2. The Morgan fingerprint density at radius 1 is 0.968 bits per heavy atom. The van der Waals surface area contributed by atoms with Crippen LogP contribution in [0.1, 0.15) is 13.8 Å². The Balaban J connectivity index is 1.68. The SMILES string of the molecule is CC(C)C(NC(N)=O)C(=O)Nc1ccc(NS(=O)(=O)c2ccc3c(c2)OCCO3)cc1. The highest BCUT2D eigenvalue weighted by Crippen LogP contribution is 2.32. The molecule has 0 saturated carbocycles. The van der Waals surface area contributed by atoms with E-state index in [1.54, 1.807) is 32.0 Å². The molecule has 11 heteroatoms. The van der Waals surface area contributed by atoms with Crippen molar-refractivity contribution in [3.05, 3.63) is 42.5 Å². The minimum Gasteiger partial charge on any atom is -0.486 e. The number of ether oxygens (including phenoxy) is 2. The number of carbonyl (C=O) groups is 2. The number of rotatable bonds is 7. The van der Waals surface area contributed by atoms with Gasteiger partial charge < -0.3 is 25.8 Å². The first-order valence-electron chi connectivity index (χ1n) is 9.55. The lowest BCUT2D eigenvalue weighted by Gasteiger charge is -2.20. The van der Waals surface area contributed by atoms with Gasteiger partial charge in [0, 0.05) is 17.4 Å². The highest BCUT2D eigenvalue weighted by molar-refractivity contribution is 7.92. The van der Waals surface area contributed by atoms with Crippen molar-refractivity contribution in [1.82, 2.24) is 5.32 Å². The Morgan fingerprint density at radius 2 is 1.58 bits per heavy atom. The minimum absolute atomic E-state index is 0.0337. The van der Waals surface area contributed by atoms with Gasteiger partial charge in [-0.1, -0.05) is 13.8 Å². The van der Waals surface area contributed by atoms with Crippen molar-refractivity contribution >= 4 is 33.3 Å². The van der Waals surface area contributed by atoms with Crippen LogP contribution in [0.3, 0.4) is 0 Å². The summed E-state index contributed by atoms with van der Waals surface area (Å²) < 4.78 is 38.7. The van der Waals surface area contributed by atoms with Gasteiger partial charge in [0.15, 0.2) is 11.5 Å². The van der Waals surface area contributed by atoms with Crippen LogP contribution in [0.2, 0.25) is 0 Å². The first-order valence-corrected chi connectivity index (χ1v) is 11.0.